The predicted octanol–water partition coefficient (Wildman–Crippen LogP) is 6.31. The number of aryl methyl sites for hydroxylation is 1. The molecule has 0 atom stereocenters. The zero-order valence-corrected chi connectivity index (χ0v) is 24.3. The largest absolute Gasteiger partial charge is 0.465 e. The minimum atomic E-state index is -0.805. The first kappa shape index (κ1) is 26.9. The van der Waals surface area contributed by atoms with Crippen molar-refractivity contribution in [3.63, 3.8) is 0 Å². The normalized spacial score (nSPS) is 17.9. The number of likely N-dealkylation sites (tertiary alicyclic amines) is 1. The summed E-state index contributed by atoms with van der Waals surface area (Å²) in [7, 11) is 2.17. The van der Waals surface area contributed by atoms with E-state index in [1.54, 1.807) is 4.90 Å². The van der Waals surface area contributed by atoms with Crippen molar-refractivity contribution in [2.45, 2.75) is 78.3 Å². The number of unbranched alkanes of at least 4 members (excludes halogenated alkanes) is 1. The van der Waals surface area contributed by atoms with Crippen molar-refractivity contribution >= 4 is 50.1 Å². The second-order valence-electron chi connectivity index (χ2n) is 12.1. The average Bonchev–Trinajstić information content (AvgIpc) is 3.44. The van der Waals surface area contributed by atoms with Gasteiger partial charge in [0.15, 0.2) is 5.82 Å². The summed E-state index contributed by atoms with van der Waals surface area (Å²) in [6.07, 6.45) is 7.53. The van der Waals surface area contributed by atoms with Gasteiger partial charge in [-0.25, -0.2) is 14.8 Å². The summed E-state index contributed by atoms with van der Waals surface area (Å²) in [6, 6.07) is 2.28. The van der Waals surface area contributed by atoms with E-state index in [4.69, 9.17) is 9.97 Å². The van der Waals surface area contributed by atoms with E-state index in [0.29, 0.717) is 19.0 Å². The second kappa shape index (κ2) is 10.8. The fourth-order valence-electron chi connectivity index (χ4n) is 5.58. The molecule has 0 saturated carbocycles. The number of piperidine rings is 1. The topological polar surface area (TPSA) is 86.5 Å². The lowest BCUT2D eigenvalue weighted by Gasteiger charge is -2.30. The molecule has 1 amide bonds. The van der Waals surface area contributed by atoms with Gasteiger partial charge in [0, 0.05) is 49.6 Å². The molecule has 8 nitrogen and oxygen atoms in total. The van der Waals surface area contributed by atoms with E-state index in [1.807, 2.05) is 11.3 Å². The molecule has 0 unspecified atom stereocenters. The van der Waals surface area contributed by atoms with Crippen molar-refractivity contribution in [2.75, 3.05) is 38.5 Å². The first-order valence-corrected chi connectivity index (χ1v) is 14.9. The van der Waals surface area contributed by atoms with Gasteiger partial charge in [-0.15, -0.1) is 11.3 Å². The molecule has 9 heteroatoms. The summed E-state index contributed by atoms with van der Waals surface area (Å²) < 4.78 is 3.68. The number of likely N-dealkylation sites (N-methyl/N-ethyl adjacent to an activating group) is 1. The molecule has 206 valence electrons. The summed E-state index contributed by atoms with van der Waals surface area (Å²) >= 11 is 1.86. The molecule has 3 aromatic rings. The maximum absolute atomic E-state index is 11.5. The van der Waals surface area contributed by atoms with Gasteiger partial charge in [0.2, 0.25) is 0 Å². The SMILES string of the molecule is CCCCc1nc2c(NC(C)(C)C)nc3cc(C4=CCN(C)CC4)sc3c2n1CC1CCN(C(=O)O)CC1. The highest BCUT2D eigenvalue weighted by Gasteiger charge is 2.27. The molecule has 1 fully saturated rings. The van der Waals surface area contributed by atoms with E-state index in [-0.39, 0.29) is 5.54 Å². The van der Waals surface area contributed by atoms with Gasteiger partial charge >= 0.3 is 6.09 Å². The van der Waals surface area contributed by atoms with Crippen LogP contribution >= 0.6 is 11.3 Å². The van der Waals surface area contributed by atoms with Crippen molar-refractivity contribution in [2.24, 2.45) is 5.92 Å². The summed E-state index contributed by atoms with van der Waals surface area (Å²) in [5.74, 6) is 2.42. The van der Waals surface area contributed by atoms with E-state index in [2.05, 4.69) is 61.7 Å². The quantitative estimate of drug-likeness (QED) is 0.367. The molecule has 1 saturated heterocycles. The standard InChI is InChI=1S/C29H42N6O2S/c1-6-7-8-23-31-24-25(35(23)18-19-9-15-34(16-10-19)28(36)37)26-21(30-27(24)32-29(2,3)4)17-22(38-26)20-11-13-33(5)14-12-20/h11,17,19H,6-10,12-16,18H2,1-5H3,(H,30,32)(H,36,37). The van der Waals surface area contributed by atoms with Crippen molar-refractivity contribution in [3.05, 3.63) is 22.8 Å². The number of aromatic nitrogens is 3. The fraction of sp³-hybridized carbons (Fsp3) is 0.621. The van der Waals surface area contributed by atoms with Crippen molar-refractivity contribution in [1.29, 1.82) is 0 Å². The zero-order chi connectivity index (χ0) is 27.0. The van der Waals surface area contributed by atoms with Crippen LogP contribution in [0.15, 0.2) is 12.1 Å². The number of imidazole rings is 1. The predicted molar refractivity (Wildman–Crippen MR) is 157 cm³/mol. The third-order valence-electron chi connectivity index (χ3n) is 7.73. The van der Waals surface area contributed by atoms with Gasteiger partial charge in [0.1, 0.15) is 11.3 Å². The van der Waals surface area contributed by atoms with Crippen LogP contribution in [-0.2, 0) is 13.0 Å². The zero-order valence-electron chi connectivity index (χ0n) is 23.5. The van der Waals surface area contributed by atoms with E-state index >= 15 is 0 Å². The number of nitrogens with one attached hydrogen (secondary N) is 1. The Balaban J connectivity index is 1.63. The van der Waals surface area contributed by atoms with Crippen LogP contribution in [0.25, 0.3) is 26.8 Å². The monoisotopic (exact) mass is 538 g/mol. The lowest BCUT2D eigenvalue weighted by molar-refractivity contribution is 0.121. The first-order chi connectivity index (χ1) is 18.1. The van der Waals surface area contributed by atoms with Crippen molar-refractivity contribution in [3.8, 4) is 0 Å². The highest BCUT2D eigenvalue weighted by Crippen LogP contribution is 2.40. The number of fused-ring (bicyclic) bond motifs is 3. The Morgan fingerprint density at radius 1 is 1.21 bits per heavy atom. The lowest BCUT2D eigenvalue weighted by atomic mass is 9.97. The molecule has 0 radical (unpaired) electrons. The number of nitrogens with zero attached hydrogens (tertiary/aromatic N) is 5. The average molecular weight is 539 g/mol. The van der Waals surface area contributed by atoms with Crippen molar-refractivity contribution < 1.29 is 9.90 Å². The Morgan fingerprint density at radius 3 is 2.61 bits per heavy atom. The lowest BCUT2D eigenvalue weighted by Crippen LogP contribution is -2.38. The molecule has 38 heavy (non-hydrogen) atoms. The molecular formula is C29H42N6O2S. The molecule has 0 aliphatic carbocycles. The summed E-state index contributed by atoms with van der Waals surface area (Å²) in [4.78, 5) is 27.1. The molecule has 2 aliphatic rings. The van der Waals surface area contributed by atoms with Gasteiger partial charge in [-0.2, -0.15) is 0 Å². The summed E-state index contributed by atoms with van der Waals surface area (Å²) in [6.45, 7) is 12.9. The highest BCUT2D eigenvalue weighted by atomic mass is 32.1. The van der Waals surface area contributed by atoms with Crippen LogP contribution in [0, 0.1) is 5.92 Å². The van der Waals surface area contributed by atoms with Gasteiger partial charge in [-0.05, 0) is 71.1 Å². The molecule has 0 bridgehead atoms. The van der Waals surface area contributed by atoms with E-state index in [0.717, 1.165) is 80.8 Å². The van der Waals surface area contributed by atoms with E-state index in [1.165, 1.54) is 20.7 Å². The molecule has 5 heterocycles. The van der Waals surface area contributed by atoms with Crippen molar-refractivity contribution in [1.82, 2.24) is 24.3 Å². The van der Waals surface area contributed by atoms with Crippen LogP contribution in [0.4, 0.5) is 10.6 Å². The van der Waals surface area contributed by atoms with Crippen LogP contribution < -0.4 is 5.32 Å². The number of carboxylic acid groups (broad SMARTS) is 1. The van der Waals surface area contributed by atoms with Crippen LogP contribution in [0.3, 0.4) is 0 Å². The molecule has 0 spiro atoms. The van der Waals surface area contributed by atoms with Gasteiger partial charge in [-0.3, -0.25) is 0 Å². The Labute approximate surface area is 229 Å². The van der Waals surface area contributed by atoms with Gasteiger partial charge in [0.25, 0.3) is 0 Å². The molecule has 5 rings (SSSR count). The number of amides is 1. The minimum Gasteiger partial charge on any atom is -0.465 e. The number of hydrogen-bond acceptors (Lipinski definition) is 6. The Bertz CT molecular complexity index is 1340. The highest BCUT2D eigenvalue weighted by molar-refractivity contribution is 7.21. The number of hydrogen-bond donors (Lipinski definition) is 2. The number of rotatable bonds is 7. The first-order valence-electron chi connectivity index (χ1n) is 14.1. The Hall–Kier alpha value is -2.65. The molecule has 2 aliphatic heterocycles. The smallest absolute Gasteiger partial charge is 0.407 e. The molecule has 0 aromatic carbocycles. The van der Waals surface area contributed by atoms with Gasteiger partial charge < -0.3 is 24.8 Å². The Morgan fingerprint density at radius 2 is 1.97 bits per heavy atom. The minimum absolute atomic E-state index is 0.139. The molecule has 2 N–H and O–H groups in total. The number of pyridine rings is 1. The number of thiophene rings is 1. The van der Waals surface area contributed by atoms with Gasteiger partial charge in [0.05, 0.1) is 15.7 Å². The van der Waals surface area contributed by atoms with Crippen LogP contribution in [0.5, 0.6) is 0 Å². The maximum Gasteiger partial charge on any atom is 0.407 e. The van der Waals surface area contributed by atoms with Crippen LogP contribution in [0.1, 0.15) is 70.5 Å². The fourth-order valence-corrected chi connectivity index (χ4v) is 6.80. The summed E-state index contributed by atoms with van der Waals surface area (Å²) in [5, 5.41) is 13.1. The Kier molecular flexibility index (Phi) is 7.69. The molecule has 3 aromatic heterocycles. The van der Waals surface area contributed by atoms with Crippen LogP contribution in [-0.4, -0.2) is 74.3 Å². The van der Waals surface area contributed by atoms with Gasteiger partial charge in [-0.1, -0.05) is 19.4 Å². The second-order valence-corrected chi connectivity index (χ2v) is 13.1. The number of carbonyl (C=O) groups is 1. The summed E-state index contributed by atoms with van der Waals surface area (Å²) in [5.41, 5.74) is 4.47. The third kappa shape index (κ3) is 5.69. The maximum atomic E-state index is 11.5. The van der Waals surface area contributed by atoms with Crippen LogP contribution in [0.2, 0.25) is 0 Å². The van der Waals surface area contributed by atoms with E-state index < -0.39 is 6.09 Å². The number of anilines is 1. The third-order valence-corrected chi connectivity index (χ3v) is 8.94. The van der Waals surface area contributed by atoms with E-state index in [9.17, 15) is 9.90 Å². The molecular weight excluding hydrogens is 496 g/mol.